The summed E-state index contributed by atoms with van der Waals surface area (Å²) in [6, 6.07) is -0.817. The molecule has 9 heteroatoms. The maximum Gasteiger partial charge on any atom is 0.220 e. The highest BCUT2D eigenvalue weighted by molar-refractivity contribution is 5.76. The van der Waals surface area contributed by atoms with Gasteiger partial charge in [-0.15, -0.1) is 0 Å². The van der Waals surface area contributed by atoms with Gasteiger partial charge >= 0.3 is 0 Å². The lowest BCUT2D eigenvalue weighted by molar-refractivity contribution is -0.302. The molecule has 368 valence electrons. The number of carbonyl (C=O) groups excluding carboxylic acids is 1. The molecule has 0 aromatic carbocycles. The molecule has 0 aromatic rings. The van der Waals surface area contributed by atoms with E-state index >= 15 is 0 Å². The van der Waals surface area contributed by atoms with Crippen LogP contribution in [0.3, 0.4) is 0 Å². The zero-order valence-corrected chi connectivity index (χ0v) is 40.6. The van der Waals surface area contributed by atoms with Gasteiger partial charge in [-0.05, 0) is 57.8 Å². The minimum Gasteiger partial charge on any atom is -0.394 e. The Balaban J connectivity index is 2.04. The summed E-state index contributed by atoms with van der Waals surface area (Å²) in [6.07, 6.45) is 50.9. The third kappa shape index (κ3) is 34.2. The fourth-order valence-corrected chi connectivity index (χ4v) is 8.15. The van der Waals surface area contributed by atoms with Crippen LogP contribution < -0.4 is 5.32 Å². The molecule has 1 amide bonds. The van der Waals surface area contributed by atoms with Crippen LogP contribution in [-0.2, 0) is 14.3 Å². The van der Waals surface area contributed by atoms with Crippen molar-refractivity contribution in [3.63, 3.8) is 0 Å². The molecule has 6 N–H and O–H groups in total. The number of amides is 1. The number of hydrogen-bond donors (Lipinski definition) is 6. The van der Waals surface area contributed by atoms with Crippen molar-refractivity contribution in [2.75, 3.05) is 13.2 Å². The molecule has 1 aliphatic heterocycles. The Hall–Kier alpha value is -1.85. The van der Waals surface area contributed by atoms with Gasteiger partial charge in [0, 0.05) is 6.42 Å². The van der Waals surface area contributed by atoms with Crippen LogP contribution in [0.1, 0.15) is 232 Å². The molecule has 63 heavy (non-hydrogen) atoms. The summed E-state index contributed by atoms with van der Waals surface area (Å²) >= 11 is 0. The van der Waals surface area contributed by atoms with Crippen LogP contribution in [0.2, 0.25) is 0 Å². The smallest absolute Gasteiger partial charge is 0.220 e. The maximum atomic E-state index is 12.9. The molecule has 0 bridgehead atoms. The minimum atomic E-state index is -1.57. The van der Waals surface area contributed by atoms with Crippen molar-refractivity contribution < 1.29 is 39.8 Å². The lowest BCUT2D eigenvalue weighted by atomic mass is 9.99. The first kappa shape index (κ1) is 59.2. The van der Waals surface area contributed by atoms with Crippen LogP contribution >= 0.6 is 0 Å². The van der Waals surface area contributed by atoms with E-state index in [1.54, 1.807) is 6.08 Å². The van der Waals surface area contributed by atoms with Crippen LogP contribution in [0, 0.1) is 0 Å². The van der Waals surface area contributed by atoms with Crippen LogP contribution in [0.15, 0.2) is 48.6 Å². The summed E-state index contributed by atoms with van der Waals surface area (Å²) in [7, 11) is 0. The number of nitrogens with one attached hydrogen (secondary N) is 1. The molecule has 9 nitrogen and oxygen atoms in total. The van der Waals surface area contributed by atoms with Crippen molar-refractivity contribution in [3.05, 3.63) is 48.6 Å². The number of aliphatic hydroxyl groups is 5. The van der Waals surface area contributed by atoms with E-state index < -0.39 is 49.5 Å². The van der Waals surface area contributed by atoms with E-state index in [9.17, 15) is 30.3 Å². The molecule has 0 spiro atoms. The fourth-order valence-electron chi connectivity index (χ4n) is 8.15. The van der Waals surface area contributed by atoms with Crippen molar-refractivity contribution in [3.8, 4) is 0 Å². The normalized spacial score (nSPS) is 20.5. The molecule has 7 atom stereocenters. The van der Waals surface area contributed by atoms with E-state index in [-0.39, 0.29) is 12.5 Å². The zero-order valence-electron chi connectivity index (χ0n) is 40.6. The van der Waals surface area contributed by atoms with Crippen LogP contribution in [0.5, 0.6) is 0 Å². The number of carbonyl (C=O) groups is 1. The van der Waals surface area contributed by atoms with Gasteiger partial charge in [0.1, 0.15) is 24.4 Å². The SMILES string of the molecule is CCC/C=C/CC/C=C/C(O)C(COC1OC(CO)C(O)C(O)C1O)NC(=O)CCCCCCCCCCCCCCCCCCCCCCC/C=C\C/C=C\CCCCCCC. The molecule has 1 fully saturated rings. The molecule has 1 saturated heterocycles. The molecular weight excluding hydrogens is 791 g/mol. The first-order valence-electron chi connectivity index (χ1n) is 26.4. The minimum absolute atomic E-state index is 0.190. The summed E-state index contributed by atoms with van der Waals surface area (Å²) in [5.41, 5.74) is 0. The zero-order chi connectivity index (χ0) is 45.9. The quantitative estimate of drug-likeness (QED) is 0.0262. The number of hydrogen-bond acceptors (Lipinski definition) is 8. The van der Waals surface area contributed by atoms with Crippen molar-refractivity contribution in [2.45, 2.75) is 275 Å². The van der Waals surface area contributed by atoms with E-state index in [2.05, 4.69) is 55.6 Å². The molecule has 1 aliphatic rings. The second-order valence-corrected chi connectivity index (χ2v) is 18.3. The molecule has 1 heterocycles. The van der Waals surface area contributed by atoms with E-state index in [0.29, 0.717) is 6.42 Å². The average Bonchev–Trinajstić information content (AvgIpc) is 3.28. The summed E-state index contributed by atoms with van der Waals surface area (Å²) in [5.74, 6) is -0.190. The number of rotatable bonds is 44. The molecule has 0 saturated carbocycles. The lowest BCUT2D eigenvalue weighted by Crippen LogP contribution is -2.60. The van der Waals surface area contributed by atoms with Crippen LogP contribution in [0.25, 0.3) is 0 Å². The number of ether oxygens (including phenoxy) is 2. The highest BCUT2D eigenvalue weighted by atomic mass is 16.7. The Bertz CT molecular complexity index is 1130. The van der Waals surface area contributed by atoms with E-state index in [1.807, 2.05) is 6.08 Å². The maximum absolute atomic E-state index is 12.9. The highest BCUT2D eigenvalue weighted by Crippen LogP contribution is 2.23. The van der Waals surface area contributed by atoms with Gasteiger partial charge < -0.3 is 40.3 Å². The van der Waals surface area contributed by atoms with Gasteiger partial charge in [0.2, 0.25) is 5.91 Å². The molecule has 0 aliphatic carbocycles. The van der Waals surface area contributed by atoms with Crippen LogP contribution in [-0.4, -0.2) is 87.5 Å². The predicted molar refractivity (Wildman–Crippen MR) is 263 cm³/mol. The van der Waals surface area contributed by atoms with Gasteiger partial charge in [-0.1, -0.05) is 217 Å². The summed E-state index contributed by atoms with van der Waals surface area (Å²) in [5, 5.41) is 53.9. The molecule has 7 unspecified atom stereocenters. The molecular formula is C54H99NO8. The van der Waals surface area contributed by atoms with E-state index in [4.69, 9.17) is 9.47 Å². The van der Waals surface area contributed by atoms with Gasteiger partial charge in [-0.25, -0.2) is 0 Å². The van der Waals surface area contributed by atoms with Gasteiger partial charge in [-0.3, -0.25) is 4.79 Å². The Labute approximate surface area is 386 Å². The second kappa shape index (κ2) is 44.0. The first-order chi connectivity index (χ1) is 30.8. The number of aliphatic hydroxyl groups excluding tert-OH is 5. The van der Waals surface area contributed by atoms with Gasteiger partial charge in [0.05, 0.1) is 25.4 Å². The summed E-state index contributed by atoms with van der Waals surface area (Å²) in [6.45, 7) is 3.64. The Morgan fingerprint density at radius 1 is 0.540 bits per heavy atom. The third-order valence-electron chi connectivity index (χ3n) is 12.4. The Kier molecular flexibility index (Phi) is 41.3. The second-order valence-electron chi connectivity index (χ2n) is 18.3. The first-order valence-corrected chi connectivity index (χ1v) is 26.4. The topological polar surface area (TPSA) is 149 Å². The summed E-state index contributed by atoms with van der Waals surface area (Å²) < 4.78 is 11.1. The Morgan fingerprint density at radius 3 is 1.48 bits per heavy atom. The van der Waals surface area contributed by atoms with E-state index in [1.165, 1.54) is 161 Å². The largest absolute Gasteiger partial charge is 0.394 e. The average molecular weight is 890 g/mol. The standard InChI is InChI=1S/C54H99NO8/c1-3-5-7-9-11-12-13-14-15-16-17-18-19-20-21-22-23-24-25-26-27-28-29-30-31-32-33-34-35-36-38-40-42-44-50(58)55-47(48(57)43-41-39-37-10-8-6-4-2)46-62-54-53(61)52(60)51(59)49(45-56)63-54/h8,10,13-14,16-17,41,43,47-49,51-54,56-57,59-61H,3-7,9,11-12,15,18-40,42,44-46H2,1-2H3,(H,55,58)/b10-8+,14-13-,17-16-,43-41+. The monoisotopic (exact) mass is 890 g/mol. The molecule has 1 rings (SSSR count). The predicted octanol–water partition coefficient (Wildman–Crippen LogP) is 12.2. The number of allylic oxidation sites excluding steroid dienone is 7. The van der Waals surface area contributed by atoms with E-state index in [0.717, 1.165) is 51.4 Å². The van der Waals surface area contributed by atoms with Crippen molar-refractivity contribution in [1.29, 1.82) is 0 Å². The lowest BCUT2D eigenvalue weighted by Gasteiger charge is -2.40. The van der Waals surface area contributed by atoms with Gasteiger partial charge in [0.15, 0.2) is 6.29 Å². The third-order valence-corrected chi connectivity index (χ3v) is 12.4. The molecule has 0 radical (unpaired) electrons. The van der Waals surface area contributed by atoms with Crippen molar-refractivity contribution >= 4 is 5.91 Å². The van der Waals surface area contributed by atoms with Gasteiger partial charge in [0.25, 0.3) is 0 Å². The number of unbranched alkanes of at least 4 members (excludes halogenated alkanes) is 28. The van der Waals surface area contributed by atoms with Gasteiger partial charge in [-0.2, -0.15) is 0 Å². The summed E-state index contributed by atoms with van der Waals surface area (Å²) in [4.78, 5) is 12.9. The highest BCUT2D eigenvalue weighted by Gasteiger charge is 2.44. The molecule has 0 aromatic heterocycles. The Morgan fingerprint density at radius 2 is 0.984 bits per heavy atom. The van der Waals surface area contributed by atoms with Crippen molar-refractivity contribution in [2.24, 2.45) is 0 Å². The fraction of sp³-hybridized carbons (Fsp3) is 0.833. The van der Waals surface area contributed by atoms with Crippen molar-refractivity contribution in [1.82, 2.24) is 5.32 Å². The van der Waals surface area contributed by atoms with Crippen LogP contribution in [0.4, 0.5) is 0 Å².